The molecule has 23 heavy (non-hydrogen) atoms. The van der Waals surface area contributed by atoms with E-state index in [-0.39, 0.29) is 37.2 Å². The van der Waals surface area contributed by atoms with Crippen molar-refractivity contribution in [2.24, 2.45) is 5.92 Å². The molecule has 0 radical (unpaired) electrons. The van der Waals surface area contributed by atoms with Crippen molar-refractivity contribution < 1.29 is 32.2 Å². The second-order valence-corrected chi connectivity index (χ2v) is 5.47. The maximum absolute atomic E-state index is 13.3. The average Bonchev–Trinajstić information content (AvgIpc) is 2.53. The number of piperidine rings is 1. The van der Waals surface area contributed by atoms with Crippen LogP contribution in [0.3, 0.4) is 0 Å². The van der Waals surface area contributed by atoms with E-state index in [1.165, 1.54) is 24.1 Å². The molecule has 0 saturated carbocycles. The molecule has 1 saturated heterocycles. The molecular formula is C15H17F4NO3. The van der Waals surface area contributed by atoms with Gasteiger partial charge in [0.1, 0.15) is 0 Å². The van der Waals surface area contributed by atoms with Crippen molar-refractivity contribution in [3.05, 3.63) is 29.6 Å². The van der Waals surface area contributed by atoms with Crippen LogP contribution >= 0.6 is 0 Å². The number of rotatable bonds is 3. The molecule has 8 heteroatoms. The number of amides is 1. The van der Waals surface area contributed by atoms with Crippen LogP contribution < -0.4 is 4.74 Å². The minimum absolute atomic E-state index is 0.0603. The summed E-state index contributed by atoms with van der Waals surface area (Å²) < 4.78 is 55.6. The second kappa shape index (κ2) is 6.74. The van der Waals surface area contributed by atoms with Gasteiger partial charge in [-0.15, -0.1) is 0 Å². The summed E-state index contributed by atoms with van der Waals surface area (Å²) in [6.07, 6.45) is -6.90. The lowest BCUT2D eigenvalue weighted by atomic mass is 9.90. The summed E-state index contributed by atoms with van der Waals surface area (Å²) in [5, 5.41) is 9.26. The number of carbonyl (C=O) groups excluding carboxylic acids is 1. The lowest BCUT2D eigenvalue weighted by molar-refractivity contribution is -0.222. The number of aliphatic hydroxyl groups is 1. The molecule has 1 aromatic carbocycles. The minimum Gasteiger partial charge on any atom is -0.494 e. The molecule has 1 amide bonds. The van der Waals surface area contributed by atoms with Crippen molar-refractivity contribution in [3.8, 4) is 5.75 Å². The van der Waals surface area contributed by atoms with Crippen molar-refractivity contribution in [1.29, 1.82) is 0 Å². The van der Waals surface area contributed by atoms with Gasteiger partial charge in [-0.25, -0.2) is 4.39 Å². The van der Waals surface area contributed by atoms with Crippen molar-refractivity contribution in [2.45, 2.75) is 25.1 Å². The zero-order valence-corrected chi connectivity index (χ0v) is 12.4. The van der Waals surface area contributed by atoms with Gasteiger partial charge in [-0.2, -0.15) is 13.2 Å². The van der Waals surface area contributed by atoms with Gasteiger partial charge < -0.3 is 14.7 Å². The summed E-state index contributed by atoms with van der Waals surface area (Å²) in [6.45, 7) is 0.215. The molecule has 0 spiro atoms. The number of alkyl halides is 3. The monoisotopic (exact) mass is 335 g/mol. The summed E-state index contributed by atoms with van der Waals surface area (Å²) in [7, 11) is 1.27. The van der Waals surface area contributed by atoms with Crippen molar-refractivity contribution in [3.63, 3.8) is 0 Å². The number of likely N-dealkylation sites (tertiary alicyclic amines) is 1. The summed E-state index contributed by atoms with van der Waals surface area (Å²) in [5.74, 6) is -1.99. The van der Waals surface area contributed by atoms with E-state index in [4.69, 9.17) is 4.74 Å². The van der Waals surface area contributed by atoms with Crippen LogP contribution in [0, 0.1) is 11.7 Å². The molecule has 1 atom stereocenters. The van der Waals surface area contributed by atoms with Crippen LogP contribution in [0.5, 0.6) is 5.75 Å². The fraction of sp³-hybridized carbons (Fsp3) is 0.533. The third-order valence-corrected chi connectivity index (χ3v) is 4.01. The van der Waals surface area contributed by atoms with E-state index in [0.29, 0.717) is 0 Å². The van der Waals surface area contributed by atoms with Crippen LogP contribution in [0.2, 0.25) is 0 Å². The predicted octanol–water partition coefficient (Wildman–Crippen LogP) is 2.61. The van der Waals surface area contributed by atoms with Gasteiger partial charge in [0, 0.05) is 18.7 Å². The minimum atomic E-state index is -4.65. The molecule has 1 aromatic rings. The number of aliphatic hydroxyl groups excluding tert-OH is 1. The number of hydrogen-bond donors (Lipinski definition) is 1. The number of carbonyl (C=O) groups is 1. The van der Waals surface area contributed by atoms with E-state index in [1.807, 2.05) is 0 Å². The van der Waals surface area contributed by atoms with E-state index in [0.717, 1.165) is 6.07 Å². The molecule has 1 aliphatic rings. The Kier molecular flexibility index (Phi) is 5.13. The second-order valence-electron chi connectivity index (χ2n) is 5.47. The Morgan fingerprint density at radius 2 is 1.96 bits per heavy atom. The predicted molar refractivity (Wildman–Crippen MR) is 73.6 cm³/mol. The summed E-state index contributed by atoms with van der Waals surface area (Å²) >= 11 is 0. The first-order chi connectivity index (χ1) is 10.7. The van der Waals surface area contributed by atoms with Crippen LogP contribution in [0.25, 0.3) is 0 Å². The number of benzene rings is 1. The van der Waals surface area contributed by atoms with Gasteiger partial charge in [-0.3, -0.25) is 4.79 Å². The number of hydrogen-bond acceptors (Lipinski definition) is 3. The molecule has 2 rings (SSSR count). The van der Waals surface area contributed by atoms with Gasteiger partial charge in [0.15, 0.2) is 17.7 Å². The zero-order valence-electron chi connectivity index (χ0n) is 12.4. The standard InChI is InChI=1S/C15H17F4NO3/c1-23-12-8-10(2-3-11(12)16)14(22)20-6-4-9(5-7-20)13(21)15(17,18)19/h2-3,8-9,13,21H,4-7H2,1H3. The molecule has 0 aliphatic carbocycles. The summed E-state index contributed by atoms with van der Waals surface area (Å²) in [4.78, 5) is 13.7. The first-order valence-electron chi connectivity index (χ1n) is 7.11. The third kappa shape index (κ3) is 3.93. The van der Waals surface area contributed by atoms with Gasteiger partial charge in [0.25, 0.3) is 5.91 Å². The van der Waals surface area contributed by atoms with Crippen molar-refractivity contribution in [1.82, 2.24) is 4.90 Å². The van der Waals surface area contributed by atoms with E-state index < -0.39 is 29.9 Å². The van der Waals surface area contributed by atoms with Crippen LogP contribution in [-0.4, -0.2) is 48.4 Å². The van der Waals surface area contributed by atoms with Gasteiger partial charge in [0.2, 0.25) is 0 Å². The number of ether oxygens (including phenoxy) is 1. The molecule has 0 aromatic heterocycles. The largest absolute Gasteiger partial charge is 0.494 e. The van der Waals surface area contributed by atoms with Gasteiger partial charge >= 0.3 is 6.18 Å². The molecular weight excluding hydrogens is 318 g/mol. The van der Waals surface area contributed by atoms with E-state index in [9.17, 15) is 27.5 Å². The fourth-order valence-corrected chi connectivity index (χ4v) is 2.66. The molecule has 128 valence electrons. The third-order valence-electron chi connectivity index (χ3n) is 4.01. The smallest absolute Gasteiger partial charge is 0.414 e. The van der Waals surface area contributed by atoms with E-state index in [1.54, 1.807) is 0 Å². The number of halogens is 4. The molecule has 1 aliphatic heterocycles. The highest BCUT2D eigenvalue weighted by Crippen LogP contribution is 2.32. The maximum atomic E-state index is 13.3. The van der Waals surface area contributed by atoms with Gasteiger partial charge in [-0.05, 0) is 37.0 Å². The Labute approximate surface area is 130 Å². The van der Waals surface area contributed by atoms with Crippen LogP contribution in [-0.2, 0) is 0 Å². The summed E-state index contributed by atoms with van der Waals surface area (Å²) in [5.41, 5.74) is 0.207. The Bertz CT molecular complexity index is 568. The molecule has 4 nitrogen and oxygen atoms in total. The zero-order chi connectivity index (χ0) is 17.2. The van der Waals surface area contributed by atoms with Crippen molar-refractivity contribution >= 4 is 5.91 Å². The van der Waals surface area contributed by atoms with Crippen LogP contribution in [0.1, 0.15) is 23.2 Å². The quantitative estimate of drug-likeness (QED) is 0.864. The number of methoxy groups -OCH3 is 1. The SMILES string of the molecule is COc1cc(C(=O)N2CCC(C(O)C(F)(F)F)CC2)ccc1F. The highest BCUT2D eigenvalue weighted by Gasteiger charge is 2.44. The molecule has 1 N–H and O–H groups in total. The topological polar surface area (TPSA) is 49.8 Å². The lowest BCUT2D eigenvalue weighted by Crippen LogP contribution is -2.45. The molecule has 1 heterocycles. The fourth-order valence-electron chi connectivity index (χ4n) is 2.66. The number of nitrogens with zero attached hydrogens (tertiary/aromatic N) is 1. The highest BCUT2D eigenvalue weighted by atomic mass is 19.4. The lowest BCUT2D eigenvalue weighted by Gasteiger charge is -2.34. The molecule has 0 bridgehead atoms. The van der Waals surface area contributed by atoms with Gasteiger partial charge in [-0.1, -0.05) is 0 Å². The molecule has 1 unspecified atom stereocenters. The first-order valence-corrected chi connectivity index (χ1v) is 7.11. The van der Waals surface area contributed by atoms with Crippen molar-refractivity contribution in [2.75, 3.05) is 20.2 Å². The first kappa shape index (κ1) is 17.5. The summed E-state index contributed by atoms with van der Waals surface area (Å²) in [6, 6.07) is 3.66. The highest BCUT2D eigenvalue weighted by molar-refractivity contribution is 5.94. The Balaban J connectivity index is 2.01. The van der Waals surface area contributed by atoms with Crippen LogP contribution in [0.15, 0.2) is 18.2 Å². The normalized spacial score (nSPS) is 17.9. The Morgan fingerprint density at radius 3 is 2.48 bits per heavy atom. The maximum Gasteiger partial charge on any atom is 0.414 e. The molecule has 1 fully saturated rings. The Hall–Kier alpha value is -1.83. The van der Waals surface area contributed by atoms with E-state index >= 15 is 0 Å². The average molecular weight is 335 g/mol. The van der Waals surface area contributed by atoms with Gasteiger partial charge in [0.05, 0.1) is 7.11 Å². The van der Waals surface area contributed by atoms with Crippen LogP contribution in [0.4, 0.5) is 17.6 Å². The van der Waals surface area contributed by atoms with E-state index in [2.05, 4.69) is 0 Å². The Morgan fingerprint density at radius 1 is 1.35 bits per heavy atom.